The number of hydrogen-bond donors (Lipinski definition) is 1. The molecule has 1 saturated heterocycles. The van der Waals surface area contributed by atoms with Gasteiger partial charge in [0, 0.05) is 12.5 Å². The summed E-state index contributed by atoms with van der Waals surface area (Å²) in [4.78, 5) is 49.5. The molecule has 39 heavy (non-hydrogen) atoms. The zero-order valence-corrected chi connectivity index (χ0v) is 21.0. The van der Waals surface area contributed by atoms with Gasteiger partial charge in [0.15, 0.2) is 35.5 Å². The minimum Gasteiger partial charge on any atom is -0.459 e. The van der Waals surface area contributed by atoms with Crippen molar-refractivity contribution >= 4 is 34.8 Å². The SMILES string of the molecule is CC(=O)OC1C(F)C(COC(=O)c2ccc(C)cc2)OC1n1cnc2c(NC(=O)c3ccccc3)ncnc21. The summed E-state index contributed by atoms with van der Waals surface area (Å²) < 4.78 is 33.3. The molecule has 0 bridgehead atoms. The van der Waals surface area contributed by atoms with Crippen molar-refractivity contribution in [1.82, 2.24) is 19.5 Å². The molecule has 1 amide bonds. The molecule has 4 atom stereocenters. The molecule has 1 aliphatic heterocycles. The van der Waals surface area contributed by atoms with Crippen LogP contribution in [0.3, 0.4) is 0 Å². The number of nitrogens with zero attached hydrogens (tertiary/aromatic N) is 4. The molecule has 200 valence electrons. The van der Waals surface area contributed by atoms with E-state index in [0.717, 1.165) is 12.5 Å². The first-order valence-corrected chi connectivity index (χ1v) is 12.1. The Morgan fingerprint density at radius 1 is 1.03 bits per heavy atom. The number of fused-ring (bicyclic) bond motifs is 1. The first-order valence-electron chi connectivity index (χ1n) is 12.1. The van der Waals surface area contributed by atoms with Gasteiger partial charge in [-0.25, -0.2) is 24.1 Å². The highest BCUT2D eigenvalue weighted by Crippen LogP contribution is 2.36. The van der Waals surface area contributed by atoms with Crippen LogP contribution in [0.4, 0.5) is 10.2 Å². The third-order valence-electron chi connectivity index (χ3n) is 6.13. The van der Waals surface area contributed by atoms with E-state index in [-0.39, 0.29) is 17.0 Å². The molecule has 0 aliphatic carbocycles. The highest BCUT2D eigenvalue weighted by Gasteiger charge is 2.49. The largest absolute Gasteiger partial charge is 0.459 e. The van der Waals surface area contributed by atoms with Crippen LogP contribution in [0.15, 0.2) is 67.3 Å². The Morgan fingerprint density at radius 3 is 2.49 bits per heavy atom. The first-order chi connectivity index (χ1) is 18.8. The Bertz CT molecular complexity index is 1510. The molecule has 3 heterocycles. The van der Waals surface area contributed by atoms with Crippen LogP contribution >= 0.6 is 0 Å². The van der Waals surface area contributed by atoms with Crippen molar-refractivity contribution in [3.8, 4) is 0 Å². The van der Waals surface area contributed by atoms with Gasteiger partial charge >= 0.3 is 11.9 Å². The predicted molar refractivity (Wildman–Crippen MR) is 136 cm³/mol. The maximum Gasteiger partial charge on any atom is 0.338 e. The number of amides is 1. The molecule has 1 aliphatic rings. The van der Waals surface area contributed by atoms with Crippen molar-refractivity contribution in [2.24, 2.45) is 0 Å². The molecule has 2 aromatic heterocycles. The zero-order chi connectivity index (χ0) is 27.5. The average molecular weight is 534 g/mol. The zero-order valence-electron chi connectivity index (χ0n) is 21.0. The lowest BCUT2D eigenvalue weighted by atomic mass is 10.1. The third-order valence-corrected chi connectivity index (χ3v) is 6.13. The summed E-state index contributed by atoms with van der Waals surface area (Å²) in [6, 6.07) is 15.3. The summed E-state index contributed by atoms with van der Waals surface area (Å²) in [6.45, 7) is 2.62. The molecule has 0 radical (unpaired) electrons. The summed E-state index contributed by atoms with van der Waals surface area (Å²) in [7, 11) is 0. The maximum absolute atomic E-state index is 15.5. The van der Waals surface area contributed by atoms with Crippen LogP contribution in [0.2, 0.25) is 0 Å². The Labute approximate surface area is 221 Å². The van der Waals surface area contributed by atoms with Gasteiger partial charge in [-0.15, -0.1) is 0 Å². The second-order valence-electron chi connectivity index (χ2n) is 8.91. The minimum atomic E-state index is -1.82. The van der Waals surface area contributed by atoms with E-state index in [1.165, 1.54) is 17.2 Å². The molecule has 0 spiro atoms. The molecule has 4 aromatic rings. The van der Waals surface area contributed by atoms with Crippen LogP contribution < -0.4 is 5.32 Å². The van der Waals surface area contributed by atoms with Gasteiger partial charge in [-0.05, 0) is 31.2 Å². The highest BCUT2D eigenvalue weighted by atomic mass is 19.1. The van der Waals surface area contributed by atoms with Crippen molar-refractivity contribution < 1.29 is 33.0 Å². The first kappa shape index (κ1) is 25.9. The van der Waals surface area contributed by atoms with E-state index in [1.807, 2.05) is 6.92 Å². The molecular formula is C27H24FN5O6. The van der Waals surface area contributed by atoms with Gasteiger partial charge < -0.3 is 19.5 Å². The Balaban J connectivity index is 1.37. The lowest BCUT2D eigenvalue weighted by Crippen LogP contribution is -2.34. The molecule has 11 nitrogen and oxygen atoms in total. The number of alkyl halides is 1. The van der Waals surface area contributed by atoms with Crippen LogP contribution in [-0.2, 0) is 19.0 Å². The number of carbonyl (C=O) groups excluding carboxylic acids is 3. The number of rotatable bonds is 7. The number of aromatic nitrogens is 4. The number of nitrogens with one attached hydrogen (secondary N) is 1. The predicted octanol–water partition coefficient (Wildman–Crippen LogP) is 3.41. The van der Waals surface area contributed by atoms with E-state index in [0.29, 0.717) is 11.1 Å². The summed E-state index contributed by atoms with van der Waals surface area (Å²) in [5.41, 5.74) is 2.13. The van der Waals surface area contributed by atoms with Crippen molar-refractivity contribution in [2.45, 2.75) is 38.5 Å². The Hall–Kier alpha value is -4.71. The van der Waals surface area contributed by atoms with E-state index in [1.54, 1.807) is 54.6 Å². The van der Waals surface area contributed by atoms with Gasteiger partial charge in [0.1, 0.15) is 19.0 Å². The fourth-order valence-electron chi connectivity index (χ4n) is 4.20. The molecule has 0 saturated carbocycles. The van der Waals surface area contributed by atoms with Crippen molar-refractivity contribution in [3.63, 3.8) is 0 Å². The van der Waals surface area contributed by atoms with E-state index in [9.17, 15) is 14.4 Å². The van der Waals surface area contributed by atoms with Crippen LogP contribution in [0.1, 0.15) is 39.4 Å². The Kier molecular flexibility index (Phi) is 7.28. The molecular weight excluding hydrogens is 509 g/mol. The van der Waals surface area contributed by atoms with Gasteiger partial charge in [0.25, 0.3) is 5.91 Å². The van der Waals surface area contributed by atoms with Crippen LogP contribution in [-0.4, -0.2) is 62.4 Å². The summed E-state index contributed by atoms with van der Waals surface area (Å²) in [5.74, 6) is -1.63. The lowest BCUT2D eigenvalue weighted by molar-refractivity contribution is -0.154. The Morgan fingerprint density at radius 2 is 1.77 bits per heavy atom. The van der Waals surface area contributed by atoms with Crippen molar-refractivity contribution in [3.05, 3.63) is 83.9 Å². The number of benzene rings is 2. The molecule has 4 unspecified atom stereocenters. The lowest BCUT2D eigenvalue weighted by Gasteiger charge is -2.20. The monoisotopic (exact) mass is 533 g/mol. The molecule has 1 N–H and O–H groups in total. The van der Waals surface area contributed by atoms with E-state index in [2.05, 4.69) is 20.3 Å². The number of esters is 2. The number of imidazole rings is 1. The maximum atomic E-state index is 15.5. The van der Waals surface area contributed by atoms with Crippen LogP contribution in [0.5, 0.6) is 0 Å². The van der Waals surface area contributed by atoms with Gasteiger partial charge in [0.05, 0.1) is 11.9 Å². The van der Waals surface area contributed by atoms with Crippen molar-refractivity contribution in [2.75, 3.05) is 11.9 Å². The van der Waals surface area contributed by atoms with Gasteiger partial charge in [-0.3, -0.25) is 14.2 Å². The van der Waals surface area contributed by atoms with E-state index >= 15 is 4.39 Å². The molecule has 2 aromatic carbocycles. The second kappa shape index (κ2) is 11.0. The van der Waals surface area contributed by atoms with Gasteiger partial charge in [-0.1, -0.05) is 35.9 Å². The number of ether oxygens (including phenoxy) is 3. The standard InChI is InChI=1S/C27H24FN5O6/c1-15-8-10-18(11-9-15)27(36)37-12-19-20(28)22(38-16(2)34)26(39-19)33-14-31-21-23(29-13-30-24(21)33)32-25(35)17-6-4-3-5-7-17/h3-11,13-14,19-20,22,26H,12H2,1-2H3,(H,29,30,32,35). The molecule has 1 fully saturated rings. The number of anilines is 1. The fourth-order valence-corrected chi connectivity index (χ4v) is 4.20. The normalized spacial score (nSPS) is 20.5. The third kappa shape index (κ3) is 5.46. The average Bonchev–Trinajstić information content (AvgIpc) is 3.49. The van der Waals surface area contributed by atoms with Crippen molar-refractivity contribution in [1.29, 1.82) is 0 Å². The van der Waals surface area contributed by atoms with E-state index < -0.39 is 49.1 Å². The van der Waals surface area contributed by atoms with E-state index in [4.69, 9.17) is 14.2 Å². The summed E-state index contributed by atoms with van der Waals surface area (Å²) >= 11 is 0. The van der Waals surface area contributed by atoms with Crippen LogP contribution in [0.25, 0.3) is 11.2 Å². The quantitative estimate of drug-likeness (QED) is 0.355. The minimum absolute atomic E-state index is 0.134. The smallest absolute Gasteiger partial charge is 0.338 e. The number of hydrogen-bond acceptors (Lipinski definition) is 9. The summed E-state index contributed by atoms with van der Waals surface area (Å²) in [5, 5.41) is 2.69. The second-order valence-corrected chi connectivity index (χ2v) is 8.91. The van der Waals surface area contributed by atoms with Crippen LogP contribution in [0, 0.1) is 6.92 Å². The van der Waals surface area contributed by atoms with Gasteiger partial charge in [-0.2, -0.15) is 0 Å². The number of halogens is 1. The number of aryl methyl sites for hydroxylation is 1. The molecule has 5 rings (SSSR count). The number of carbonyl (C=O) groups is 3. The van der Waals surface area contributed by atoms with Gasteiger partial charge in [0.2, 0.25) is 0 Å². The highest BCUT2D eigenvalue weighted by molar-refractivity contribution is 6.06. The summed E-state index contributed by atoms with van der Waals surface area (Å²) in [6.07, 6.45) is -3.06. The molecule has 12 heteroatoms. The fraction of sp³-hybridized carbons (Fsp3) is 0.259. The topological polar surface area (TPSA) is 135 Å².